The molecule has 1 unspecified atom stereocenters. The molecular formula is C15H21NO2S. The highest BCUT2D eigenvalue weighted by Crippen LogP contribution is 2.09. The molecule has 19 heavy (non-hydrogen) atoms. The first-order valence-corrected chi connectivity index (χ1v) is 8.03. The lowest BCUT2D eigenvalue weighted by Crippen LogP contribution is -2.44. The number of esters is 1. The molecule has 0 spiro atoms. The molecule has 0 aromatic heterocycles. The van der Waals surface area contributed by atoms with Crippen molar-refractivity contribution in [1.29, 1.82) is 0 Å². The van der Waals surface area contributed by atoms with E-state index >= 15 is 0 Å². The van der Waals surface area contributed by atoms with E-state index in [1.165, 1.54) is 5.56 Å². The Morgan fingerprint density at radius 1 is 1.32 bits per heavy atom. The summed E-state index contributed by atoms with van der Waals surface area (Å²) >= 11 is 1.81. The van der Waals surface area contributed by atoms with Gasteiger partial charge >= 0.3 is 5.97 Å². The molecule has 1 fully saturated rings. The molecule has 1 heterocycles. The molecule has 1 N–H and O–H groups in total. The van der Waals surface area contributed by atoms with Crippen molar-refractivity contribution in [3.8, 4) is 0 Å². The number of nitrogens with one attached hydrogen (secondary N) is 1. The summed E-state index contributed by atoms with van der Waals surface area (Å²) in [5.74, 6) is 1.83. The smallest absolute Gasteiger partial charge is 0.323 e. The van der Waals surface area contributed by atoms with Gasteiger partial charge in [0.15, 0.2) is 0 Å². The molecule has 0 bridgehead atoms. The number of rotatable bonds is 6. The lowest BCUT2D eigenvalue weighted by Gasteiger charge is -2.21. The van der Waals surface area contributed by atoms with Gasteiger partial charge < -0.3 is 10.1 Å². The van der Waals surface area contributed by atoms with Gasteiger partial charge in [-0.3, -0.25) is 4.79 Å². The average molecular weight is 279 g/mol. The first-order valence-electron chi connectivity index (χ1n) is 6.88. The maximum atomic E-state index is 11.7. The molecule has 1 aromatic rings. The fourth-order valence-electron chi connectivity index (χ4n) is 2.07. The molecule has 4 heteroatoms. The van der Waals surface area contributed by atoms with E-state index in [0.717, 1.165) is 37.3 Å². The summed E-state index contributed by atoms with van der Waals surface area (Å²) in [6.07, 6.45) is 3.04. The second-order valence-corrected chi connectivity index (χ2v) is 5.84. The van der Waals surface area contributed by atoms with Gasteiger partial charge in [0.1, 0.15) is 6.04 Å². The minimum absolute atomic E-state index is 0.0908. The third-order valence-electron chi connectivity index (χ3n) is 3.15. The number of thioether (sulfide) groups is 1. The van der Waals surface area contributed by atoms with Crippen molar-refractivity contribution in [2.24, 2.45) is 0 Å². The van der Waals surface area contributed by atoms with E-state index in [9.17, 15) is 4.79 Å². The van der Waals surface area contributed by atoms with Gasteiger partial charge in [-0.25, -0.2) is 0 Å². The largest absolute Gasteiger partial charge is 0.465 e. The second-order valence-electron chi connectivity index (χ2n) is 4.69. The zero-order chi connectivity index (χ0) is 13.3. The van der Waals surface area contributed by atoms with Crippen LogP contribution in [0.3, 0.4) is 0 Å². The van der Waals surface area contributed by atoms with Gasteiger partial charge in [-0.2, -0.15) is 11.8 Å². The van der Waals surface area contributed by atoms with Crippen LogP contribution in [-0.2, 0) is 16.0 Å². The van der Waals surface area contributed by atoms with Crippen molar-refractivity contribution < 1.29 is 9.53 Å². The molecule has 0 amide bonds. The van der Waals surface area contributed by atoms with Gasteiger partial charge in [-0.15, -0.1) is 0 Å². The van der Waals surface area contributed by atoms with Gasteiger partial charge in [-0.05, 0) is 24.8 Å². The number of hydrogen-bond acceptors (Lipinski definition) is 4. The van der Waals surface area contributed by atoms with E-state index in [1.54, 1.807) is 0 Å². The van der Waals surface area contributed by atoms with E-state index < -0.39 is 0 Å². The van der Waals surface area contributed by atoms with Gasteiger partial charge in [0, 0.05) is 18.1 Å². The minimum Gasteiger partial charge on any atom is -0.465 e. The molecule has 0 saturated carbocycles. The topological polar surface area (TPSA) is 38.3 Å². The van der Waals surface area contributed by atoms with Crippen LogP contribution in [0.4, 0.5) is 0 Å². The van der Waals surface area contributed by atoms with Crippen molar-refractivity contribution in [2.75, 3.05) is 24.7 Å². The van der Waals surface area contributed by atoms with E-state index in [4.69, 9.17) is 4.74 Å². The van der Waals surface area contributed by atoms with Crippen LogP contribution in [0.1, 0.15) is 18.4 Å². The number of hydrogen-bond donors (Lipinski definition) is 1. The maximum Gasteiger partial charge on any atom is 0.323 e. The van der Waals surface area contributed by atoms with Crippen LogP contribution >= 0.6 is 11.8 Å². The third-order valence-corrected chi connectivity index (χ3v) is 4.21. The van der Waals surface area contributed by atoms with Gasteiger partial charge in [0.25, 0.3) is 0 Å². The first kappa shape index (κ1) is 14.4. The zero-order valence-electron chi connectivity index (χ0n) is 11.1. The molecule has 0 aliphatic carbocycles. The van der Waals surface area contributed by atoms with Crippen LogP contribution in [0.25, 0.3) is 0 Å². The van der Waals surface area contributed by atoms with Gasteiger partial charge in [-0.1, -0.05) is 30.3 Å². The van der Waals surface area contributed by atoms with Crippen LogP contribution in [0.15, 0.2) is 30.3 Å². The normalized spacial score (nSPS) is 19.1. The Morgan fingerprint density at radius 3 is 2.89 bits per heavy atom. The van der Waals surface area contributed by atoms with Crippen molar-refractivity contribution >= 4 is 17.7 Å². The molecule has 1 atom stereocenters. The molecule has 1 aliphatic rings. The summed E-state index contributed by atoms with van der Waals surface area (Å²) in [6, 6.07) is 10.3. The quantitative estimate of drug-likeness (QED) is 0.640. The number of aryl methyl sites for hydroxylation is 1. The van der Waals surface area contributed by atoms with Crippen LogP contribution in [-0.4, -0.2) is 36.7 Å². The molecule has 3 nitrogen and oxygen atoms in total. The molecule has 1 saturated heterocycles. The predicted molar refractivity (Wildman–Crippen MR) is 79.5 cm³/mol. The molecule has 2 rings (SSSR count). The Labute approximate surface area is 119 Å². The Balaban J connectivity index is 1.55. The van der Waals surface area contributed by atoms with Crippen molar-refractivity contribution in [3.05, 3.63) is 35.9 Å². The number of carbonyl (C=O) groups is 1. The predicted octanol–water partition coefficient (Wildman–Crippen LogP) is 2.26. The zero-order valence-corrected chi connectivity index (χ0v) is 12.0. The summed E-state index contributed by atoms with van der Waals surface area (Å²) in [7, 11) is 0. The lowest BCUT2D eigenvalue weighted by atomic mass is 10.1. The molecule has 104 valence electrons. The standard InChI is InChI=1S/C15H21NO2S/c17-15(14-12-19-11-9-16-14)18-10-5-4-8-13-6-2-1-3-7-13/h1-3,6-7,14,16H,4-5,8-12H2. The highest BCUT2D eigenvalue weighted by Gasteiger charge is 2.21. The lowest BCUT2D eigenvalue weighted by molar-refractivity contribution is -0.145. The van der Waals surface area contributed by atoms with E-state index in [0.29, 0.717) is 6.61 Å². The molecular weight excluding hydrogens is 258 g/mol. The Hall–Kier alpha value is -1.00. The average Bonchev–Trinajstić information content (AvgIpc) is 2.49. The summed E-state index contributed by atoms with van der Waals surface area (Å²) in [5, 5.41) is 3.19. The summed E-state index contributed by atoms with van der Waals surface area (Å²) in [5.41, 5.74) is 1.35. The summed E-state index contributed by atoms with van der Waals surface area (Å²) in [6.45, 7) is 1.44. The van der Waals surface area contributed by atoms with Crippen LogP contribution in [0, 0.1) is 0 Å². The highest BCUT2D eigenvalue weighted by molar-refractivity contribution is 7.99. The molecule has 0 radical (unpaired) electrons. The molecule has 1 aliphatic heterocycles. The first-order chi connectivity index (χ1) is 9.36. The van der Waals surface area contributed by atoms with Crippen LogP contribution in [0.5, 0.6) is 0 Å². The summed E-state index contributed by atoms with van der Waals surface area (Å²) < 4.78 is 5.30. The number of unbranched alkanes of at least 4 members (excludes halogenated alkanes) is 1. The van der Waals surface area contributed by atoms with Crippen molar-refractivity contribution in [3.63, 3.8) is 0 Å². The third kappa shape index (κ3) is 5.25. The monoisotopic (exact) mass is 279 g/mol. The Kier molecular flexibility index (Phi) is 6.24. The van der Waals surface area contributed by atoms with Crippen molar-refractivity contribution in [1.82, 2.24) is 5.32 Å². The second kappa shape index (κ2) is 8.23. The van der Waals surface area contributed by atoms with Gasteiger partial charge in [0.05, 0.1) is 6.61 Å². The number of ether oxygens (including phenoxy) is 1. The van der Waals surface area contributed by atoms with Gasteiger partial charge in [0.2, 0.25) is 0 Å². The SMILES string of the molecule is O=C(OCCCCc1ccccc1)C1CSCCN1. The number of benzene rings is 1. The highest BCUT2D eigenvalue weighted by atomic mass is 32.2. The van der Waals surface area contributed by atoms with Crippen LogP contribution < -0.4 is 5.32 Å². The van der Waals surface area contributed by atoms with E-state index in [2.05, 4.69) is 29.6 Å². The van der Waals surface area contributed by atoms with Crippen molar-refractivity contribution in [2.45, 2.75) is 25.3 Å². The minimum atomic E-state index is -0.104. The van der Waals surface area contributed by atoms with E-state index in [-0.39, 0.29) is 12.0 Å². The molecule has 1 aromatic carbocycles. The van der Waals surface area contributed by atoms with E-state index in [1.807, 2.05) is 17.8 Å². The summed E-state index contributed by atoms with van der Waals surface area (Å²) in [4.78, 5) is 11.7. The Morgan fingerprint density at radius 2 is 2.16 bits per heavy atom. The fraction of sp³-hybridized carbons (Fsp3) is 0.533. The van der Waals surface area contributed by atoms with Crippen LogP contribution in [0.2, 0.25) is 0 Å². The Bertz CT molecular complexity index is 377. The maximum absolute atomic E-state index is 11.7. The number of carbonyl (C=O) groups excluding carboxylic acids is 1. The fourth-order valence-corrected chi connectivity index (χ4v) is 2.98.